The first-order valence-electron chi connectivity index (χ1n) is 10.4. The van der Waals surface area contributed by atoms with E-state index < -0.39 is 5.97 Å². The Kier molecular flexibility index (Phi) is 7.10. The highest BCUT2D eigenvalue weighted by Gasteiger charge is 2.36. The standard InChI is InChI=1S/C25H23Cl2FO2S/c26-21-10-11-24(19-4-2-1-3-18(19)21)31-14-20-17(8-9-22(20)27)16-6-5-15(23(28)13-16)7-12-25(29)30/h1-6,10-11,13,17,20,22H,7-9,12,14H2,(H,29,30)/t17-,20-,22?/m1/s1. The highest BCUT2D eigenvalue weighted by molar-refractivity contribution is 7.99. The molecule has 1 unspecified atom stereocenters. The maximum absolute atomic E-state index is 14.6. The Morgan fingerprint density at radius 3 is 2.61 bits per heavy atom. The van der Waals surface area contributed by atoms with Gasteiger partial charge < -0.3 is 5.11 Å². The van der Waals surface area contributed by atoms with Crippen LogP contribution in [0, 0.1) is 11.7 Å². The number of alkyl halides is 1. The molecule has 0 bridgehead atoms. The minimum atomic E-state index is -0.920. The SMILES string of the molecule is O=C(O)CCc1ccc([C@H]2CCC(Cl)[C@@H]2CSc2ccc(Cl)c3ccccc23)cc1F. The van der Waals surface area contributed by atoms with Crippen molar-refractivity contribution in [2.24, 2.45) is 5.92 Å². The number of carboxylic acid groups (broad SMARTS) is 1. The quantitative estimate of drug-likeness (QED) is 0.282. The second kappa shape index (κ2) is 9.81. The molecular formula is C25H23Cl2FO2S. The van der Waals surface area contributed by atoms with Gasteiger partial charge in [-0.15, -0.1) is 23.4 Å². The second-order valence-electron chi connectivity index (χ2n) is 8.01. The summed E-state index contributed by atoms with van der Waals surface area (Å²) in [5.74, 6) is 0.0113. The van der Waals surface area contributed by atoms with Crippen molar-refractivity contribution in [3.8, 4) is 0 Å². The number of halogens is 3. The number of carbonyl (C=O) groups is 1. The van der Waals surface area contributed by atoms with E-state index in [9.17, 15) is 9.18 Å². The molecule has 0 amide bonds. The van der Waals surface area contributed by atoms with Gasteiger partial charge in [0.2, 0.25) is 0 Å². The average Bonchev–Trinajstić information content (AvgIpc) is 3.13. The predicted molar refractivity (Wildman–Crippen MR) is 127 cm³/mol. The minimum absolute atomic E-state index is 0.0470. The van der Waals surface area contributed by atoms with E-state index in [2.05, 4.69) is 12.1 Å². The van der Waals surface area contributed by atoms with Crippen molar-refractivity contribution in [3.63, 3.8) is 0 Å². The summed E-state index contributed by atoms with van der Waals surface area (Å²) in [6, 6.07) is 17.3. The highest BCUT2D eigenvalue weighted by Crippen LogP contribution is 2.46. The van der Waals surface area contributed by atoms with Gasteiger partial charge in [0.05, 0.1) is 0 Å². The van der Waals surface area contributed by atoms with Crippen LogP contribution in [0.25, 0.3) is 10.8 Å². The topological polar surface area (TPSA) is 37.3 Å². The fourth-order valence-electron chi connectivity index (χ4n) is 4.44. The van der Waals surface area contributed by atoms with Gasteiger partial charge in [0, 0.05) is 32.9 Å². The lowest BCUT2D eigenvalue weighted by Crippen LogP contribution is -2.17. The van der Waals surface area contributed by atoms with Crippen molar-refractivity contribution >= 4 is 51.7 Å². The van der Waals surface area contributed by atoms with Crippen LogP contribution in [0.15, 0.2) is 59.5 Å². The molecule has 1 saturated carbocycles. The van der Waals surface area contributed by atoms with Crippen LogP contribution in [0.5, 0.6) is 0 Å². The van der Waals surface area contributed by atoms with Gasteiger partial charge in [-0.05, 0) is 65.8 Å². The summed E-state index contributed by atoms with van der Waals surface area (Å²) in [5.41, 5.74) is 1.40. The van der Waals surface area contributed by atoms with Crippen LogP contribution in [-0.2, 0) is 11.2 Å². The van der Waals surface area contributed by atoms with Crippen LogP contribution in [0.2, 0.25) is 5.02 Å². The molecule has 1 aliphatic carbocycles. The van der Waals surface area contributed by atoms with Crippen LogP contribution in [0.4, 0.5) is 4.39 Å². The van der Waals surface area contributed by atoms with E-state index in [0.717, 1.165) is 40.0 Å². The number of thioether (sulfide) groups is 1. The van der Waals surface area contributed by atoms with E-state index in [1.54, 1.807) is 23.9 Å². The summed E-state index contributed by atoms with van der Waals surface area (Å²) in [6.07, 6.45) is 1.96. The molecule has 2 nitrogen and oxygen atoms in total. The molecule has 1 N–H and O–H groups in total. The van der Waals surface area contributed by atoms with Gasteiger partial charge in [-0.2, -0.15) is 0 Å². The predicted octanol–water partition coefficient (Wildman–Crippen LogP) is 7.54. The van der Waals surface area contributed by atoms with Gasteiger partial charge in [-0.3, -0.25) is 4.79 Å². The maximum atomic E-state index is 14.6. The van der Waals surface area contributed by atoms with E-state index in [1.807, 2.05) is 30.3 Å². The van der Waals surface area contributed by atoms with Crippen molar-refractivity contribution in [2.75, 3.05) is 5.75 Å². The molecule has 0 spiro atoms. The normalized spacial score (nSPS) is 20.9. The number of benzene rings is 3. The Hall–Kier alpha value is -1.75. The largest absolute Gasteiger partial charge is 0.481 e. The summed E-state index contributed by atoms with van der Waals surface area (Å²) >= 11 is 14.8. The van der Waals surface area contributed by atoms with E-state index in [4.69, 9.17) is 28.3 Å². The molecule has 1 aliphatic rings. The number of rotatable bonds is 7. The Bertz CT molecular complexity index is 1100. The Balaban J connectivity index is 1.52. The van der Waals surface area contributed by atoms with Gasteiger partial charge in [-0.1, -0.05) is 48.0 Å². The molecule has 0 aliphatic heterocycles. The molecule has 162 valence electrons. The second-order valence-corrected chi connectivity index (χ2v) is 10.0. The zero-order valence-corrected chi connectivity index (χ0v) is 19.2. The third-order valence-electron chi connectivity index (χ3n) is 6.11. The molecule has 4 rings (SSSR count). The third kappa shape index (κ3) is 5.02. The van der Waals surface area contributed by atoms with Gasteiger partial charge in [0.25, 0.3) is 0 Å². The molecule has 31 heavy (non-hydrogen) atoms. The van der Waals surface area contributed by atoms with Crippen molar-refractivity contribution in [2.45, 2.75) is 41.9 Å². The maximum Gasteiger partial charge on any atom is 0.303 e. The Morgan fingerprint density at radius 1 is 1.10 bits per heavy atom. The van der Waals surface area contributed by atoms with Crippen LogP contribution >= 0.6 is 35.0 Å². The summed E-state index contributed by atoms with van der Waals surface area (Å²) < 4.78 is 14.6. The van der Waals surface area contributed by atoms with Crippen molar-refractivity contribution < 1.29 is 14.3 Å². The lowest BCUT2D eigenvalue weighted by atomic mass is 9.89. The van der Waals surface area contributed by atoms with E-state index in [-0.39, 0.29) is 35.9 Å². The van der Waals surface area contributed by atoms with E-state index in [0.29, 0.717) is 5.56 Å². The molecular weight excluding hydrogens is 454 g/mol. The van der Waals surface area contributed by atoms with E-state index >= 15 is 0 Å². The summed E-state index contributed by atoms with van der Waals surface area (Å²) in [5, 5.41) is 11.8. The summed E-state index contributed by atoms with van der Waals surface area (Å²) in [7, 11) is 0. The molecule has 0 aromatic heterocycles. The highest BCUT2D eigenvalue weighted by atomic mass is 35.5. The monoisotopic (exact) mass is 476 g/mol. The Labute approximate surface area is 195 Å². The molecule has 6 heteroatoms. The fraction of sp³-hybridized carbons (Fsp3) is 0.320. The molecule has 3 aromatic rings. The molecule has 0 radical (unpaired) electrons. The van der Waals surface area contributed by atoms with Crippen LogP contribution in [0.1, 0.15) is 36.3 Å². The average molecular weight is 477 g/mol. The van der Waals surface area contributed by atoms with Crippen molar-refractivity contribution in [3.05, 3.63) is 76.6 Å². The lowest BCUT2D eigenvalue weighted by molar-refractivity contribution is -0.136. The molecule has 3 atom stereocenters. The summed E-state index contributed by atoms with van der Waals surface area (Å²) in [6.45, 7) is 0. The van der Waals surface area contributed by atoms with Crippen molar-refractivity contribution in [1.29, 1.82) is 0 Å². The van der Waals surface area contributed by atoms with E-state index in [1.165, 1.54) is 4.90 Å². The fourth-order valence-corrected chi connectivity index (χ4v) is 6.50. The smallest absolute Gasteiger partial charge is 0.303 e. The van der Waals surface area contributed by atoms with Crippen LogP contribution in [-0.4, -0.2) is 22.2 Å². The number of aryl methyl sites for hydroxylation is 1. The first kappa shape index (κ1) is 22.4. The Morgan fingerprint density at radius 2 is 1.87 bits per heavy atom. The molecule has 1 fully saturated rings. The molecule has 0 saturated heterocycles. The first-order valence-corrected chi connectivity index (χ1v) is 12.2. The number of hydrogen-bond donors (Lipinski definition) is 1. The van der Waals surface area contributed by atoms with Crippen molar-refractivity contribution in [1.82, 2.24) is 0 Å². The van der Waals surface area contributed by atoms with Crippen LogP contribution < -0.4 is 0 Å². The van der Waals surface area contributed by atoms with Gasteiger partial charge in [0.15, 0.2) is 0 Å². The summed E-state index contributed by atoms with van der Waals surface area (Å²) in [4.78, 5) is 12.0. The van der Waals surface area contributed by atoms with Crippen LogP contribution in [0.3, 0.4) is 0 Å². The molecule has 3 aromatic carbocycles. The van der Waals surface area contributed by atoms with Gasteiger partial charge >= 0.3 is 5.97 Å². The number of hydrogen-bond acceptors (Lipinski definition) is 2. The number of fused-ring (bicyclic) bond motifs is 1. The van der Waals surface area contributed by atoms with Gasteiger partial charge in [0.1, 0.15) is 5.82 Å². The van der Waals surface area contributed by atoms with Gasteiger partial charge in [-0.25, -0.2) is 4.39 Å². The number of aliphatic carboxylic acids is 1. The zero-order chi connectivity index (χ0) is 22.0. The minimum Gasteiger partial charge on any atom is -0.481 e. The lowest BCUT2D eigenvalue weighted by Gasteiger charge is -2.23. The third-order valence-corrected chi connectivity index (χ3v) is 8.20. The number of carboxylic acids is 1. The molecule has 0 heterocycles. The zero-order valence-electron chi connectivity index (χ0n) is 16.9. The first-order chi connectivity index (χ1) is 14.9.